The summed E-state index contributed by atoms with van der Waals surface area (Å²) in [5.74, 6) is -1.10. The molecule has 0 N–H and O–H groups in total. The van der Waals surface area contributed by atoms with Gasteiger partial charge in [0.1, 0.15) is 0 Å². The van der Waals surface area contributed by atoms with Crippen molar-refractivity contribution in [3.63, 3.8) is 0 Å². The maximum Gasteiger partial charge on any atom is 0.418 e. The molecule has 0 aliphatic carbocycles. The van der Waals surface area contributed by atoms with Crippen LogP contribution in [0.3, 0.4) is 0 Å². The van der Waals surface area contributed by atoms with Crippen LogP contribution in [0.15, 0.2) is 24.4 Å². The van der Waals surface area contributed by atoms with E-state index in [4.69, 9.17) is 0 Å². The van der Waals surface area contributed by atoms with Crippen molar-refractivity contribution >= 4 is 5.69 Å². The van der Waals surface area contributed by atoms with Gasteiger partial charge in [-0.1, -0.05) is 10.3 Å². The van der Waals surface area contributed by atoms with Crippen LogP contribution in [0, 0.1) is 16.1 Å². The van der Waals surface area contributed by atoms with E-state index >= 15 is 0 Å². The third kappa shape index (κ3) is 2.51. The topological polar surface area (TPSA) is 73.8 Å². The summed E-state index contributed by atoms with van der Waals surface area (Å²) < 4.78 is 51.4. The lowest BCUT2D eigenvalue weighted by atomic mass is 10.1. The fraction of sp³-hybridized carbons (Fsp3) is 0.111. The van der Waals surface area contributed by atoms with Crippen LogP contribution in [-0.2, 0) is 6.18 Å². The predicted octanol–water partition coefficient (Wildman–Crippen LogP) is 2.33. The Morgan fingerprint density at radius 2 is 2.00 bits per heavy atom. The van der Waals surface area contributed by atoms with Crippen molar-refractivity contribution in [2.45, 2.75) is 6.18 Å². The molecule has 1 aromatic heterocycles. The van der Waals surface area contributed by atoms with Crippen molar-refractivity contribution in [3.05, 3.63) is 46.0 Å². The Bertz CT molecular complexity index is 637. The van der Waals surface area contributed by atoms with Gasteiger partial charge >= 0.3 is 6.18 Å². The Morgan fingerprint density at radius 3 is 2.47 bits per heavy atom. The van der Waals surface area contributed by atoms with Gasteiger partial charge in [0.15, 0.2) is 0 Å². The molecule has 0 saturated heterocycles. The van der Waals surface area contributed by atoms with Gasteiger partial charge in [-0.2, -0.15) is 17.6 Å². The fourth-order valence-corrected chi connectivity index (χ4v) is 1.42. The van der Waals surface area contributed by atoms with Crippen molar-refractivity contribution in [3.8, 4) is 5.69 Å². The van der Waals surface area contributed by atoms with E-state index in [0.717, 1.165) is 0 Å². The van der Waals surface area contributed by atoms with Crippen LogP contribution < -0.4 is 0 Å². The molecule has 0 atom stereocenters. The minimum Gasteiger partial charge on any atom is -0.258 e. The standard InChI is InChI=1S/C9H4F4N4O2/c10-8-4-16(15-14-8)7-3-5(17(18)19)1-2-6(7)9(11,12)13/h1-4H. The molecule has 2 aromatic rings. The molecule has 2 rings (SSSR count). The van der Waals surface area contributed by atoms with E-state index in [0.29, 0.717) is 29.1 Å². The number of nitro groups is 1. The zero-order valence-corrected chi connectivity index (χ0v) is 8.93. The van der Waals surface area contributed by atoms with Crippen LogP contribution in [-0.4, -0.2) is 19.9 Å². The van der Waals surface area contributed by atoms with Crippen LogP contribution in [0.5, 0.6) is 0 Å². The Morgan fingerprint density at radius 1 is 1.32 bits per heavy atom. The van der Waals surface area contributed by atoms with Gasteiger partial charge in [-0.25, -0.2) is 4.68 Å². The van der Waals surface area contributed by atoms with Crippen LogP contribution in [0.4, 0.5) is 23.2 Å². The molecule has 0 saturated carbocycles. The Balaban J connectivity index is 2.66. The van der Waals surface area contributed by atoms with E-state index in [-0.39, 0.29) is 0 Å². The molecular formula is C9H4F4N4O2. The summed E-state index contributed by atoms with van der Waals surface area (Å²) >= 11 is 0. The van der Waals surface area contributed by atoms with Gasteiger partial charge in [-0.15, -0.1) is 0 Å². The van der Waals surface area contributed by atoms with Gasteiger partial charge in [0.2, 0.25) is 0 Å². The Kier molecular flexibility index (Phi) is 2.92. The van der Waals surface area contributed by atoms with E-state index in [9.17, 15) is 27.7 Å². The van der Waals surface area contributed by atoms with Crippen molar-refractivity contribution in [2.24, 2.45) is 0 Å². The third-order valence-electron chi connectivity index (χ3n) is 2.21. The van der Waals surface area contributed by atoms with E-state index < -0.39 is 34.0 Å². The number of alkyl halides is 3. The molecule has 6 nitrogen and oxygen atoms in total. The number of nitrogens with zero attached hydrogens (tertiary/aromatic N) is 4. The lowest BCUT2D eigenvalue weighted by molar-refractivity contribution is -0.384. The molecule has 10 heteroatoms. The molecule has 0 radical (unpaired) electrons. The summed E-state index contributed by atoms with van der Waals surface area (Å²) in [5.41, 5.74) is -2.42. The molecular weight excluding hydrogens is 272 g/mol. The first-order chi connectivity index (χ1) is 8.79. The molecule has 100 valence electrons. The van der Waals surface area contributed by atoms with Crippen molar-refractivity contribution < 1.29 is 22.5 Å². The summed E-state index contributed by atoms with van der Waals surface area (Å²) in [6.45, 7) is 0. The van der Waals surface area contributed by atoms with E-state index in [1.807, 2.05) is 0 Å². The van der Waals surface area contributed by atoms with Crippen molar-refractivity contribution in [1.82, 2.24) is 15.0 Å². The highest BCUT2D eigenvalue weighted by Gasteiger charge is 2.35. The molecule has 0 spiro atoms. The smallest absolute Gasteiger partial charge is 0.258 e. The van der Waals surface area contributed by atoms with Crippen LogP contribution >= 0.6 is 0 Å². The summed E-state index contributed by atoms with van der Waals surface area (Å²) in [6.07, 6.45) is -4.17. The van der Waals surface area contributed by atoms with Crippen molar-refractivity contribution in [2.75, 3.05) is 0 Å². The van der Waals surface area contributed by atoms with Crippen LogP contribution in [0.1, 0.15) is 5.56 Å². The molecule has 0 aliphatic rings. The molecule has 1 heterocycles. The highest BCUT2D eigenvalue weighted by atomic mass is 19.4. The van der Waals surface area contributed by atoms with Gasteiger partial charge in [0, 0.05) is 12.1 Å². The average Bonchev–Trinajstić information content (AvgIpc) is 2.73. The summed E-state index contributed by atoms with van der Waals surface area (Å²) in [7, 11) is 0. The predicted molar refractivity (Wildman–Crippen MR) is 53.0 cm³/mol. The zero-order valence-electron chi connectivity index (χ0n) is 8.93. The number of rotatable bonds is 2. The number of hydrogen-bond acceptors (Lipinski definition) is 4. The van der Waals surface area contributed by atoms with Gasteiger partial charge < -0.3 is 0 Å². The first-order valence-corrected chi connectivity index (χ1v) is 4.73. The third-order valence-corrected chi connectivity index (χ3v) is 2.21. The van der Waals surface area contributed by atoms with E-state index in [1.54, 1.807) is 0 Å². The largest absolute Gasteiger partial charge is 0.418 e. The number of aromatic nitrogens is 3. The summed E-state index contributed by atoms with van der Waals surface area (Å²) in [4.78, 5) is 9.69. The first-order valence-electron chi connectivity index (χ1n) is 4.73. The SMILES string of the molecule is O=[N+]([O-])c1ccc(C(F)(F)F)c(-n2cc(F)nn2)c1. The first kappa shape index (κ1) is 12.9. The maximum atomic E-state index is 12.7. The van der Waals surface area contributed by atoms with Crippen LogP contribution in [0.2, 0.25) is 0 Å². The van der Waals surface area contributed by atoms with E-state index in [1.165, 1.54) is 0 Å². The number of hydrogen-bond donors (Lipinski definition) is 0. The quantitative estimate of drug-likeness (QED) is 0.479. The minimum absolute atomic E-state index is 0.491. The second kappa shape index (κ2) is 4.30. The zero-order chi connectivity index (χ0) is 14.2. The molecule has 1 aromatic carbocycles. The highest BCUT2D eigenvalue weighted by molar-refractivity contribution is 5.50. The van der Waals surface area contributed by atoms with Gasteiger partial charge in [0.05, 0.1) is 22.4 Å². The molecule has 0 unspecified atom stereocenters. The molecule has 0 fully saturated rings. The molecule has 0 amide bonds. The second-order valence-electron chi connectivity index (χ2n) is 3.44. The summed E-state index contributed by atoms with van der Waals surface area (Å²) in [5, 5.41) is 16.6. The van der Waals surface area contributed by atoms with E-state index in [2.05, 4.69) is 10.3 Å². The lowest BCUT2D eigenvalue weighted by Gasteiger charge is -2.11. The van der Waals surface area contributed by atoms with Gasteiger partial charge in [0.25, 0.3) is 11.6 Å². The summed E-state index contributed by atoms with van der Waals surface area (Å²) in [6, 6.07) is 1.89. The number of nitro benzene ring substituents is 1. The molecule has 0 bridgehead atoms. The lowest BCUT2D eigenvalue weighted by Crippen LogP contribution is -2.11. The Hall–Kier alpha value is -2.52. The molecule has 0 aliphatic heterocycles. The Labute approximate surface area is 102 Å². The molecule has 19 heavy (non-hydrogen) atoms. The monoisotopic (exact) mass is 276 g/mol. The maximum absolute atomic E-state index is 12.7. The van der Waals surface area contributed by atoms with Gasteiger partial charge in [-0.3, -0.25) is 10.1 Å². The average molecular weight is 276 g/mol. The number of non-ortho nitro benzene ring substituents is 1. The number of halogens is 4. The van der Waals surface area contributed by atoms with Crippen LogP contribution in [0.25, 0.3) is 5.69 Å². The second-order valence-corrected chi connectivity index (χ2v) is 3.44. The normalized spacial score (nSPS) is 11.6. The number of benzene rings is 1. The minimum atomic E-state index is -4.76. The highest BCUT2D eigenvalue weighted by Crippen LogP contribution is 2.35. The van der Waals surface area contributed by atoms with Gasteiger partial charge in [-0.05, 0) is 6.07 Å². The van der Waals surface area contributed by atoms with Crippen molar-refractivity contribution in [1.29, 1.82) is 0 Å². The fourth-order valence-electron chi connectivity index (χ4n) is 1.42.